The molecular formula is C18H16BrN5O3S. The van der Waals surface area contributed by atoms with Gasteiger partial charge in [0.15, 0.2) is 0 Å². The van der Waals surface area contributed by atoms with Gasteiger partial charge in [-0.2, -0.15) is 4.80 Å². The van der Waals surface area contributed by atoms with Gasteiger partial charge in [0.1, 0.15) is 11.5 Å². The van der Waals surface area contributed by atoms with Crippen molar-refractivity contribution in [1.29, 1.82) is 0 Å². The number of methoxy groups -OCH3 is 1. The van der Waals surface area contributed by atoms with Crippen LogP contribution in [0.5, 0.6) is 0 Å². The summed E-state index contributed by atoms with van der Waals surface area (Å²) in [5, 5.41) is 15.5. The Morgan fingerprint density at radius 1 is 1.29 bits per heavy atom. The number of thiophene rings is 1. The molecule has 1 aromatic carbocycles. The normalized spacial score (nSPS) is 12.6. The number of fused-ring (bicyclic) bond motifs is 1. The van der Waals surface area contributed by atoms with Gasteiger partial charge < -0.3 is 10.1 Å². The summed E-state index contributed by atoms with van der Waals surface area (Å²) in [6, 6.07) is 7.49. The number of carbonyl (C=O) groups excluding carboxylic acids is 2. The molecule has 0 bridgehead atoms. The summed E-state index contributed by atoms with van der Waals surface area (Å²) < 4.78 is 5.85. The van der Waals surface area contributed by atoms with E-state index in [1.54, 1.807) is 0 Å². The Bertz CT molecular complexity index is 1040. The van der Waals surface area contributed by atoms with E-state index in [4.69, 9.17) is 4.74 Å². The topological polar surface area (TPSA) is 99.0 Å². The number of carbonyl (C=O) groups is 2. The molecule has 0 radical (unpaired) electrons. The van der Waals surface area contributed by atoms with E-state index in [2.05, 4.69) is 36.7 Å². The lowest BCUT2D eigenvalue weighted by Crippen LogP contribution is -2.21. The van der Waals surface area contributed by atoms with E-state index in [0.29, 0.717) is 16.4 Å². The molecule has 1 aliphatic carbocycles. The minimum Gasteiger partial charge on any atom is -0.465 e. The molecule has 2 aromatic heterocycles. The fourth-order valence-electron chi connectivity index (χ4n) is 3.13. The maximum atomic E-state index is 12.5. The molecule has 0 saturated carbocycles. The first kappa shape index (κ1) is 18.8. The predicted molar refractivity (Wildman–Crippen MR) is 107 cm³/mol. The molecule has 1 N–H and O–H groups in total. The Hall–Kier alpha value is -2.59. The molecule has 2 heterocycles. The van der Waals surface area contributed by atoms with Crippen molar-refractivity contribution in [3.8, 4) is 11.4 Å². The zero-order valence-electron chi connectivity index (χ0n) is 14.9. The highest BCUT2D eigenvalue weighted by Gasteiger charge is 2.28. The van der Waals surface area contributed by atoms with Crippen molar-refractivity contribution in [3.05, 3.63) is 44.7 Å². The Morgan fingerprint density at radius 3 is 2.82 bits per heavy atom. The van der Waals surface area contributed by atoms with Crippen LogP contribution in [-0.4, -0.2) is 39.2 Å². The lowest BCUT2D eigenvalue weighted by molar-refractivity contribution is -0.117. The first-order valence-corrected chi connectivity index (χ1v) is 10.2. The number of anilines is 1. The SMILES string of the molecule is COC(=O)c1c(NC(=O)Cn2nnc(-c3ccc(Br)cc3)n2)sc2c1CCC2. The summed E-state index contributed by atoms with van der Waals surface area (Å²) in [6.45, 7) is -0.104. The molecule has 1 aliphatic rings. The van der Waals surface area contributed by atoms with Gasteiger partial charge in [-0.1, -0.05) is 15.9 Å². The highest BCUT2D eigenvalue weighted by atomic mass is 79.9. The third-order valence-electron chi connectivity index (χ3n) is 4.40. The van der Waals surface area contributed by atoms with E-state index in [1.165, 1.54) is 23.2 Å². The molecule has 0 spiro atoms. The number of tetrazole rings is 1. The maximum absolute atomic E-state index is 12.5. The average molecular weight is 462 g/mol. The molecule has 8 nitrogen and oxygen atoms in total. The predicted octanol–water partition coefficient (Wildman–Crippen LogP) is 3.08. The van der Waals surface area contributed by atoms with Crippen molar-refractivity contribution in [1.82, 2.24) is 20.2 Å². The lowest BCUT2D eigenvalue weighted by Gasteiger charge is -2.06. The molecule has 0 unspecified atom stereocenters. The Morgan fingerprint density at radius 2 is 2.07 bits per heavy atom. The van der Waals surface area contributed by atoms with Gasteiger partial charge in [-0.3, -0.25) is 4.79 Å². The number of nitrogens with one attached hydrogen (secondary N) is 1. The van der Waals surface area contributed by atoms with Crippen LogP contribution in [-0.2, 0) is 28.9 Å². The Balaban J connectivity index is 1.48. The van der Waals surface area contributed by atoms with E-state index in [9.17, 15) is 9.59 Å². The molecule has 144 valence electrons. The van der Waals surface area contributed by atoms with E-state index >= 15 is 0 Å². The van der Waals surface area contributed by atoms with Crippen molar-refractivity contribution >= 4 is 44.1 Å². The Labute approximate surface area is 173 Å². The summed E-state index contributed by atoms with van der Waals surface area (Å²) in [5.41, 5.74) is 2.26. The van der Waals surface area contributed by atoms with Gasteiger partial charge in [-0.25, -0.2) is 4.79 Å². The number of halogens is 1. The largest absolute Gasteiger partial charge is 0.465 e. The third-order valence-corrected chi connectivity index (χ3v) is 6.14. The number of esters is 1. The molecule has 0 saturated heterocycles. The second-order valence-electron chi connectivity index (χ2n) is 6.25. The second kappa shape index (κ2) is 7.80. The van der Waals surface area contributed by atoms with Gasteiger partial charge in [0.25, 0.3) is 0 Å². The molecule has 4 rings (SSSR count). The monoisotopic (exact) mass is 461 g/mol. The average Bonchev–Trinajstić information content (AvgIpc) is 3.38. The molecule has 10 heteroatoms. The summed E-state index contributed by atoms with van der Waals surface area (Å²) in [4.78, 5) is 27.0. The fourth-order valence-corrected chi connectivity index (χ4v) is 4.69. The van der Waals surface area contributed by atoms with Crippen LogP contribution >= 0.6 is 27.3 Å². The van der Waals surface area contributed by atoms with Gasteiger partial charge in [-0.15, -0.1) is 21.5 Å². The minimum atomic E-state index is -0.425. The number of amides is 1. The van der Waals surface area contributed by atoms with Crippen LogP contribution in [0.2, 0.25) is 0 Å². The standard InChI is InChI=1S/C18H16BrN5O3S/c1-27-18(26)15-12-3-2-4-13(12)28-17(15)20-14(25)9-24-22-16(21-23-24)10-5-7-11(19)8-6-10/h5-8H,2-4,9H2,1H3,(H,20,25). The van der Waals surface area contributed by atoms with E-state index in [1.807, 2.05) is 24.3 Å². The van der Waals surface area contributed by atoms with Crippen LogP contribution in [0, 0.1) is 0 Å². The summed E-state index contributed by atoms with van der Waals surface area (Å²) in [5.74, 6) is -0.318. The van der Waals surface area contributed by atoms with E-state index < -0.39 is 5.97 Å². The van der Waals surface area contributed by atoms with Gasteiger partial charge in [0.05, 0.1) is 12.7 Å². The van der Waals surface area contributed by atoms with Gasteiger partial charge >= 0.3 is 5.97 Å². The quantitative estimate of drug-likeness (QED) is 0.586. The fraction of sp³-hybridized carbons (Fsp3) is 0.278. The van der Waals surface area contributed by atoms with Crippen molar-refractivity contribution in [3.63, 3.8) is 0 Å². The van der Waals surface area contributed by atoms with Crippen molar-refractivity contribution in [2.24, 2.45) is 0 Å². The molecule has 0 fully saturated rings. The van der Waals surface area contributed by atoms with E-state index in [0.717, 1.165) is 39.7 Å². The number of hydrogen-bond donors (Lipinski definition) is 1. The highest BCUT2D eigenvalue weighted by molar-refractivity contribution is 9.10. The van der Waals surface area contributed by atoms with Crippen LogP contribution in [0.4, 0.5) is 5.00 Å². The molecule has 0 atom stereocenters. The molecule has 28 heavy (non-hydrogen) atoms. The summed E-state index contributed by atoms with van der Waals surface area (Å²) in [6.07, 6.45) is 2.76. The van der Waals surface area contributed by atoms with Crippen molar-refractivity contribution in [2.45, 2.75) is 25.8 Å². The smallest absolute Gasteiger partial charge is 0.341 e. The molecule has 3 aromatic rings. The van der Waals surface area contributed by atoms with Crippen LogP contribution in [0.15, 0.2) is 28.7 Å². The van der Waals surface area contributed by atoms with Crippen LogP contribution in [0.25, 0.3) is 11.4 Å². The number of rotatable bonds is 5. The molecular weight excluding hydrogens is 446 g/mol. The number of hydrogen-bond acceptors (Lipinski definition) is 7. The number of ether oxygens (including phenoxy) is 1. The first-order valence-electron chi connectivity index (χ1n) is 8.61. The van der Waals surface area contributed by atoms with Crippen LogP contribution in [0.3, 0.4) is 0 Å². The van der Waals surface area contributed by atoms with Gasteiger partial charge in [-0.05, 0) is 54.3 Å². The molecule has 1 amide bonds. The minimum absolute atomic E-state index is 0.104. The number of nitrogens with zero attached hydrogens (tertiary/aromatic N) is 4. The Kier molecular flexibility index (Phi) is 5.23. The zero-order valence-corrected chi connectivity index (χ0v) is 17.3. The number of aryl methyl sites for hydroxylation is 1. The van der Waals surface area contributed by atoms with E-state index in [-0.39, 0.29) is 12.5 Å². The van der Waals surface area contributed by atoms with Gasteiger partial charge in [0, 0.05) is 14.9 Å². The number of benzene rings is 1. The van der Waals surface area contributed by atoms with Crippen molar-refractivity contribution < 1.29 is 14.3 Å². The van der Waals surface area contributed by atoms with Crippen LogP contribution < -0.4 is 5.32 Å². The number of aromatic nitrogens is 4. The summed E-state index contributed by atoms with van der Waals surface area (Å²) in [7, 11) is 1.34. The maximum Gasteiger partial charge on any atom is 0.341 e. The van der Waals surface area contributed by atoms with Gasteiger partial charge in [0.2, 0.25) is 11.7 Å². The first-order chi connectivity index (χ1) is 13.5. The third kappa shape index (κ3) is 3.69. The molecule has 0 aliphatic heterocycles. The summed E-state index contributed by atoms with van der Waals surface area (Å²) >= 11 is 4.81. The van der Waals surface area contributed by atoms with Crippen LogP contribution in [0.1, 0.15) is 27.2 Å². The highest BCUT2D eigenvalue weighted by Crippen LogP contribution is 2.39. The van der Waals surface area contributed by atoms with Crippen molar-refractivity contribution in [2.75, 3.05) is 12.4 Å². The zero-order chi connectivity index (χ0) is 19.7. The lowest BCUT2D eigenvalue weighted by atomic mass is 10.1. The second-order valence-corrected chi connectivity index (χ2v) is 8.27.